The zero-order valence-electron chi connectivity index (χ0n) is 10.4. The van der Waals surface area contributed by atoms with Gasteiger partial charge in [-0.25, -0.2) is 4.79 Å². The molecule has 0 saturated carbocycles. The van der Waals surface area contributed by atoms with Crippen LogP contribution in [0, 0.1) is 11.8 Å². The Morgan fingerprint density at radius 2 is 1.61 bits per heavy atom. The molecule has 0 fully saturated rings. The molecule has 2 heteroatoms. The van der Waals surface area contributed by atoms with Gasteiger partial charge in [-0.05, 0) is 18.8 Å². The van der Waals surface area contributed by atoms with Crippen molar-refractivity contribution in [1.29, 1.82) is 0 Å². The highest BCUT2D eigenvalue weighted by Gasteiger charge is 2.06. The molecule has 0 aliphatic heterocycles. The van der Waals surface area contributed by atoms with Crippen molar-refractivity contribution in [1.82, 2.24) is 0 Å². The van der Waals surface area contributed by atoms with E-state index in [2.05, 4.69) is 24.3 Å². The molecule has 2 aliphatic rings. The van der Waals surface area contributed by atoms with E-state index in [1.165, 1.54) is 6.08 Å². The van der Waals surface area contributed by atoms with Crippen LogP contribution in [0.15, 0.2) is 60.8 Å². The average molecular weight is 242 g/mol. The molecule has 0 N–H and O–H groups in total. The first-order valence-electron chi connectivity index (χ1n) is 6.38. The van der Waals surface area contributed by atoms with Gasteiger partial charge in [-0.1, -0.05) is 54.7 Å². The van der Waals surface area contributed by atoms with E-state index in [0.29, 0.717) is 12.5 Å². The van der Waals surface area contributed by atoms with Crippen molar-refractivity contribution in [3.05, 3.63) is 60.8 Å². The van der Waals surface area contributed by atoms with E-state index in [0.717, 1.165) is 12.8 Å². The maximum absolute atomic E-state index is 11.4. The predicted octanol–water partition coefficient (Wildman–Crippen LogP) is 3.35. The maximum Gasteiger partial charge on any atom is 0.330 e. The Morgan fingerprint density at radius 1 is 1.00 bits per heavy atom. The number of carbonyl (C=O) groups is 1. The van der Waals surface area contributed by atoms with Crippen LogP contribution in [-0.4, -0.2) is 12.6 Å². The summed E-state index contributed by atoms with van der Waals surface area (Å²) in [5.41, 5.74) is 0. The van der Waals surface area contributed by atoms with Gasteiger partial charge in [-0.15, -0.1) is 0 Å². The van der Waals surface area contributed by atoms with Crippen LogP contribution < -0.4 is 0 Å². The molecule has 0 radical (unpaired) electrons. The van der Waals surface area contributed by atoms with Crippen LogP contribution in [0.4, 0.5) is 0 Å². The lowest BCUT2D eigenvalue weighted by atomic mass is 10.1. The summed E-state index contributed by atoms with van der Waals surface area (Å²) in [7, 11) is 0. The lowest BCUT2D eigenvalue weighted by molar-refractivity contribution is -0.138. The fourth-order valence-electron chi connectivity index (χ4n) is 1.95. The summed E-state index contributed by atoms with van der Waals surface area (Å²) >= 11 is 0. The molecule has 0 atom stereocenters. The zero-order chi connectivity index (χ0) is 12.6. The number of hydrogen-bond acceptors (Lipinski definition) is 2. The van der Waals surface area contributed by atoms with Gasteiger partial charge < -0.3 is 4.74 Å². The third kappa shape index (κ3) is 4.21. The van der Waals surface area contributed by atoms with Crippen molar-refractivity contribution in [2.75, 3.05) is 6.61 Å². The lowest BCUT2D eigenvalue weighted by Crippen LogP contribution is -2.08. The maximum atomic E-state index is 11.4. The molecule has 0 unspecified atom stereocenters. The van der Waals surface area contributed by atoms with Gasteiger partial charge in [0.15, 0.2) is 0 Å². The fraction of sp³-hybridized carbons (Fsp3) is 0.312. The van der Waals surface area contributed by atoms with E-state index in [-0.39, 0.29) is 11.9 Å². The molecule has 0 amide bonds. The molecular weight excluding hydrogens is 224 g/mol. The van der Waals surface area contributed by atoms with E-state index in [1.54, 1.807) is 0 Å². The van der Waals surface area contributed by atoms with Crippen molar-refractivity contribution in [3.8, 4) is 0 Å². The summed E-state index contributed by atoms with van der Waals surface area (Å²) in [5, 5.41) is 0. The summed E-state index contributed by atoms with van der Waals surface area (Å²) < 4.78 is 5.14. The molecule has 94 valence electrons. The molecule has 0 saturated heterocycles. The smallest absolute Gasteiger partial charge is 0.330 e. The van der Waals surface area contributed by atoms with Crippen LogP contribution in [0.25, 0.3) is 0 Å². The molecule has 2 nitrogen and oxygen atoms in total. The summed E-state index contributed by atoms with van der Waals surface area (Å²) in [6.07, 6.45) is 21.8. The van der Waals surface area contributed by atoms with E-state index >= 15 is 0 Å². The molecule has 0 aromatic carbocycles. The summed E-state index contributed by atoms with van der Waals surface area (Å²) in [5.74, 6) is 0.525. The standard InChI is InChI=1S/C16H18O2/c17-16(18-13-15-10-3-4-11-15)12-6-5-9-14-7-1-2-8-14/h1-4,6-8,10-12,14-15H,5,9,13H2/b12-6+. The molecule has 0 heterocycles. The van der Waals surface area contributed by atoms with Gasteiger partial charge in [0.05, 0.1) is 0 Å². The van der Waals surface area contributed by atoms with Crippen LogP contribution in [-0.2, 0) is 9.53 Å². The summed E-state index contributed by atoms with van der Waals surface area (Å²) in [4.78, 5) is 11.4. The first-order chi connectivity index (χ1) is 8.84. The minimum atomic E-state index is -0.249. The molecular formula is C16H18O2. The van der Waals surface area contributed by atoms with Crippen molar-refractivity contribution in [3.63, 3.8) is 0 Å². The molecule has 18 heavy (non-hydrogen) atoms. The molecule has 0 spiro atoms. The highest BCUT2D eigenvalue weighted by Crippen LogP contribution is 2.15. The van der Waals surface area contributed by atoms with Gasteiger partial charge in [0.25, 0.3) is 0 Å². The third-order valence-electron chi connectivity index (χ3n) is 2.99. The number of allylic oxidation sites excluding steroid dienone is 7. The number of ether oxygens (including phenoxy) is 1. The van der Waals surface area contributed by atoms with Gasteiger partial charge in [0, 0.05) is 12.0 Å². The Kier molecular flexibility index (Phi) is 4.77. The normalized spacial score (nSPS) is 18.4. The quantitative estimate of drug-likeness (QED) is 0.527. The van der Waals surface area contributed by atoms with Crippen molar-refractivity contribution in [2.24, 2.45) is 11.8 Å². The minimum absolute atomic E-state index is 0.246. The summed E-state index contributed by atoms with van der Waals surface area (Å²) in [6, 6.07) is 0. The summed E-state index contributed by atoms with van der Waals surface area (Å²) in [6.45, 7) is 0.435. The lowest BCUT2D eigenvalue weighted by Gasteiger charge is -2.05. The zero-order valence-corrected chi connectivity index (χ0v) is 10.4. The number of hydrogen-bond donors (Lipinski definition) is 0. The van der Waals surface area contributed by atoms with Crippen molar-refractivity contribution in [2.45, 2.75) is 12.8 Å². The van der Waals surface area contributed by atoms with Crippen molar-refractivity contribution >= 4 is 5.97 Å². The van der Waals surface area contributed by atoms with Crippen LogP contribution in [0.2, 0.25) is 0 Å². The topological polar surface area (TPSA) is 26.3 Å². The second kappa shape index (κ2) is 6.80. The first-order valence-corrected chi connectivity index (χ1v) is 6.38. The second-order valence-corrected chi connectivity index (χ2v) is 4.48. The molecule has 0 aromatic rings. The van der Waals surface area contributed by atoms with Crippen LogP contribution in [0.3, 0.4) is 0 Å². The highest BCUT2D eigenvalue weighted by atomic mass is 16.5. The fourth-order valence-corrected chi connectivity index (χ4v) is 1.95. The minimum Gasteiger partial charge on any atom is -0.462 e. The van der Waals surface area contributed by atoms with E-state index in [4.69, 9.17) is 4.74 Å². The molecule has 0 bridgehead atoms. The first kappa shape index (κ1) is 12.6. The average Bonchev–Trinajstić information content (AvgIpc) is 3.04. The van der Waals surface area contributed by atoms with Gasteiger partial charge >= 0.3 is 5.97 Å². The van der Waals surface area contributed by atoms with Crippen LogP contribution >= 0.6 is 0 Å². The van der Waals surface area contributed by atoms with E-state index in [1.807, 2.05) is 30.4 Å². The Bertz CT molecular complexity index is 400. The van der Waals surface area contributed by atoms with Crippen LogP contribution in [0.5, 0.6) is 0 Å². The van der Waals surface area contributed by atoms with Gasteiger partial charge in [0.2, 0.25) is 0 Å². The van der Waals surface area contributed by atoms with Gasteiger partial charge in [-0.3, -0.25) is 0 Å². The van der Waals surface area contributed by atoms with E-state index < -0.39 is 0 Å². The number of esters is 1. The second-order valence-electron chi connectivity index (χ2n) is 4.48. The SMILES string of the molecule is O=C(/C=C/CCC1C=CC=C1)OCC1C=CC=C1. The predicted molar refractivity (Wildman–Crippen MR) is 72.9 cm³/mol. The Balaban J connectivity index is 1.58. The van der Waals surface area contributed by atoms with Gasteiger partial charge in [0.1, 0.15) is 6.61 Å². The molecule has 2 rings (SSSR count). The highest BCUT2D eigenvalue weighted by molar-refractivity contribution is 5.81. The Hall–Kier alpha value is -1.83. The van der Waals surface area contributed by atoms with Crippen molar-refractivity contribution < 1.29 is 9.53 Å². The third-order valence-corrected chi connectivity index (χ3v) is 2.99. The molecule has 0 aromatic heterocycles. The van der Waals surface area contributed by atoms with Crippen LogP contribution in [0.1, 0.15) is 12.8 Å². The Morgan fingerprint density at radius 3 is 2.28 bits per heavy atom. The molecule has 2 aliphatic carbocycles. The Labute approximate surface area is 108 Å². The largest absolute Gasteiger partial charge is 0.462 e. The number of rotatable bonds is 6. The monoisotopic (exact) mass is 242 g/mol. The van der Waals surface area contributed by atoms with E-state index in [9.17, 15) is 4.79 Å². The van der Waals surface area contributed by atoms with Gasteiger partial charge in [-0.2, -0.15) is 0 Å². The number of carbonyl (C=O) groups excluding carboxylic acids is 1.